The molecule has 2 heterocycles. The van der Waals surface area contributed by atoms with Crippen LogP contribution >= 0.6 is 0 Å². The molecule has 0 saturated carbocycles. The molecule has 152 valence electrons. The topological polar surface area (TPSA) is 70.1 Å². The number of benzene rings is 3. The Balaban J connectivity index is 1.61. The van der Waals surface area contributed by atoms with Crippen LogP contribution in [0.5, 0.6) is 0 Å². The van der Waals surface area contributed by atoms with Gasteiger partial charge in [-0.05, 0) is 31.2 Å². The van der Waals surface area contributed by atoms with Crippen LogP contribution < -0.4 is 9.91 Å². The third kappa shape index (κ3) is 3.04. The summed E-state index contributed by atoms with van der Waals surface area (Å²) in [5.74, 6) is -2.12. The highest BCUT2D eigenvalue weighted by atomic mass is 16.2. The zero-order chi connectivity index (χ0) is 21.5. The van der Waals surface area contributed by atoms with Gasteiger partial charge in [0.05, 0.1) is 11.4 Å². The summed E-state index contributed by atoms with van der Waals surface area (Å²) in [6, 6.07) is 24.1. The molecule has 0 N–H and O–H groups in total. The first kappa shape index (κ1) is 18.9. The minimum Gasteiger partial charge on any atom is -0.287 e. The Morgan fingerprint density at radius 2 is 1.39 bits per heavy atom. The van der Waals surface area contributed by atoms with E-state index in [1.165, 1.54) is 9.91 Å². The minimum absolute atomic E-state index is 0.0908. The van der Waals surface area contributed by atoms with E-state index < -0.39 is 17.9 Å². The van der Waals surface area contributed by atoms with Gasteiger partial charge in [-0.25, -0.2) is 4.90 Å². The lowest BCUT2D eigenvalue weighted by Crippen LogP contribution is -2.39. The van der Waals surface area contributed by atoms with E-state index in [4.69, 9.17) is 0 Å². The van der Waals surface area contributed by atoms with Gasteiger partial charge in [0.2, 0.25) is 11.7 Å². The number of carbonyl (C=O) groups excluding carboxylic acids is 3. The van der Waals surface area contributed by atoms with Crippen LogP contribution in [0.3, 0.4) is 0 Å². The number of imide groups is 1. The SMILES string of the molecule is Cc1ccc(N2C(=O)[C@@H]3C(C(=O)c4ccccc4)=NN(c4ccccc4)[C@H]3C2=O)cc1. The molecule has 6 heteroatoms. The first-order valence-electron chi connectivity index (χ1n) is 10.0. The number of para-hydroxylation sites is 1. The van der Waals surface area contributed by atoms with Gasteiger partial charge in [-0.15, -0.1) is 0 Å². The number of rotatable bonds is 4. The molecule has 0 unspecified atom stereocenters. The van der Waals surface area contributed by atoms with E-state index >= 15 is 0 Å². The highest BCUT2D eigenvalue weighted by Crippen LogP contribution is 2.38. The quantitative estimate of drug-likeness (QED) is 0.488. The van der Waals surface area contributed by atoms with Crippen molar-refractivity contribution in [2.24, 2.45) is 11.0 Å². The molecule has 1 fully saturated rings. The van der Waals surface area contributed by atoms with Crippen LogP contribution in [0.15, 0.2) is 90.0 Å². The van der Waals surface area contributed by atoms with Crippen LogP contribution in [0.25, 0.3) is 0 Å². The molecule has 31 heavy (non-hydrogen) atoms. The summed E-state index contributed by atoms with van der Waals surface area (Å²) in [5.41, 5.74) is 2.70. The Kier molecular flexibility index (Phi) is 4.47. The number of carbonyl (C=O) groups is 3. The molecular formula is C25H19N3O3. The number of amides is 2. The zero-order valence-corrected chi connectivity index (χ0v) is 16.8. The van der Waals surface area contributed by atoms with Gasteiger partial charge in [0, 0.05) is 5.56 Å². The van der Waals surface area contributed by atoms with E-state index in [-0.39, 0.29) is 17.4 Å². The third-order valence-electron chi connectivity index (χ3n) is 5.63. The molecule has 3 aromatic carbocycles. The standard InChI is InChI=1S/C25H19N3O3/c1-16-12-14-18(15-13-16)27-24(30)20-21(23(29)17-8-4-2-5-9-17)26-28(22(20)25(27)31)19-10-6-3-7-11-19/h2-15,20,22H,1H3/t20-,22-/m1/s1. The Morgan fingerprint density at radius 3 is 2.03 bits per heavy atom. The Labute approximate surface area is 179 Å². The van der Waals surface area contributed by atoms with Crippen molar-refractivity contribution in [3.63, 3.8) is 0 Å². The minimum atomic E-state index is -0.957. The van der Waals surface area contributed by atoms with Crippen molar-refractivity contribution in [2.75, 3.05) is 9.91 Å². The van der Waals surface area contributed by atoms with Crippen LogP contribution in [0.2, 0.25) is 0 Å². The molecular weight excluding hydrogens is 390 g/mol. The van der Waals surface area contributed by atoms with Gasteiger partial charge < -0.3 is 0 Å². The third-order valence-corrected chi connectivity index (χ3v) is 5.63. The number of hydrogen-bond acceptors (Lipinski definition) is 5. The highest BCUT2D eigenvalue weighted by Gasteiger charge is 2.58. The molecule has 0 spiro atoms. The van der Waals surface area contributed by atoms with Gasteiger partial charge in [-0.3, -0.25) is 19.4 Å². The van der Waals surface area contributed by atoms with Crippen molar-refractivity contribution in [1.82, 2.24) is 0 Å². The predicted molar refractivity (Wildman–Crippen MR) is 118 cm³/mol. The molecule has 2 aliphatic rings. The van der Waals surface area contributed by atoms with Gasteiger partial charge in [-0.1, -0.05) is 66.2 Å². The fraction of sp³-hybridized carbons (Fsp3) is 0.120. The number of hydrazone groups is 1. The predicted octanol–water partition coefficient (Wildman–Crippen LogP) is 3.61. The van der Waals surface area contributed by atoms with Gasteiger partial charge >= 0.3 is 0 Å². The molecule has 1 saturated heterocycles. The maximum Gasteiger partial charge on any atom is 0.259 e. The van der Waals surface area contributed by atoms with E-state index in [0.29, 0.717) is 16.9 Å². The lowest BCUT2D eigenvalue weighted by molar-refractivity contribution is -0.121. The molecule has 3 aromatic rings. The van der Waals surface area contributed by atoms with Crippen LogP contribution in [0, 0.1) is 12.8 Å². The fourth-order valence-electron chi connectivity index (χ4n) is 4.08. The summed E-state index contributed by atoms with van der Waals surface area (Å²) >= 11 is 0. The number of anilines is 2. The molecule has 0 aliphatic carbocycles. The first-order valence-corrected chi connectivity index (χ1v) is 10.0. The average Bonchev–Trinajstić information content (AvgIpc) is 3.32. The van der Waals surface area contributed by atoms with Crippen LogP contribution in [0.1, 0.15) is 15.9 Å². The number of ketones is 1. The summed E-state index contributed by atoms with van der Waals surface area (Å²) in [7, 11) is 0. The van der Waals surface area contributed by atoms with E-state index in [0.717, 1.165) is 5.56 Å². The molecule has 6 nitrogen and oxygen atoms in total. The molecule has 0 aromatic heterocycles. The number of Topliss-reactive ketones (excluding diaryl/α,β-unsaturated/α-hetero) is 1. The van der Waals surface area contributed by atoms with Crippen molar-refractivity contribution < 1.29 is 14.4 Å². The second-order valence-electron chi connectivity index (χ2n) is 7.63. The monoisotopic (exact) mass is 409 g/mol. The Hall–Kier alpha value is -4.06. The second-order valence-corrected chi connectivity index (χ2v) is 7.63. The Morgan fingerprint density at radius 1 is 0.774 bits per heavy atom. The maximum atomic E-state index is 13.5. The molecule has 5 rings (SSSR count). The number of nitrogens with zero attached hydrogens (tertiary/aromatic N) is 3. The van der Waals surface area contributed by atoms with Gasteiger partial charge in [0.15, 0.2) is 0 Å². The maximum absolute atomic E-state index is 13.5. The summed E-state index contributed by atoms with van der Waals surface area (Å²) in [6.07, 6.45) is 0. The molecule has 0 radical (unpaired) electrons. The summed E-state index contributed by atoms with van der Waals surface area (Å²) < 4.78 is 0. The second kappa shape index (κ2) is 7.32. The van der Waals surface area contributed by atoms with Crippen molar-refractivity contribution in [3.8, 4) is 0 Å². The Bertz CT molecular complexity index is 1200. The summed E-state index contributed by atoms with van der Waals surface area (Å²) in [6.45, 7) is 1.94. The van der Waals surface area contributed by atoms with Crippen molar-refractivity contribution in [1.29, 1.82) is 0 Å². The largest absolute Gasteiger partial charge is 0.287 e. The fourth-order valence-corrected chi connectivity index (χ4v) is 4.08. The van der Waals surface area contributed by atoms with E-state index in [9.17, 15) is 14.4 Å². The van der Waals surface area contributed by atoms with Crippen molar-refractivity contribution in [3.05, 3.63) is 96.1 Å². The number of hydrogen-bond donors (Lipinski definition) is 0. The zero-order valence-electron chi connectivity index (χ0n) is 16.8. The smallest absolute Gasteiger partial charge is 0.259 e. The van der Waals surface area contributed by atoms with Crippen LogP contribution in [-0.2, 0) is 9.59 Å². The van der Waals surface area contributed by atoms with Gasteiger partial charge in [0.25, 0.3) is 5.91 Å². The van der Waals surface area contributed by atoms with E-state index in [1.807, 2.05) is 55.5 Å². The van der Waals surface area contributed by atoms with E-state index in [1.54, 1.807) is 36.4 Å². The summed E-state index contributed by atoms with van der Waals surface area (Å²) in [5, 5.41) is 6.00. The lowest BCUT2D eigenvalue weighted by atomic mass is 9.92. The van der Waals surface area contributed by atoms with E-state index in [2.05, 4.69) is 5.10 Å². The number of aryl methyl sites for hydroxylation is 1. The lowest BCUT2D eigenvalue weighted by Gasteiger charge is -2.22. The highest BCUT2D eigenvalue weighted by molar-refractivity contribution is 6.53. The van der Waals surface area contributed by atoms with Crippen LogP contribution in [-0.4, -0.2) is 29.4 Å². The number of fused-ring (bicyclic) bond motifs is 1. The average molecular weight is 409 g/mol. The van der Waals surface area contributed by atoms with Gasteiger partial charge in [-0.2, -0.15) is 5.10 Å². The first-order chi connectivity index (χ1) is 15.1. The molecule has 2 atom stereocenters. The van der Waals surface area contributed by atoms with Gasteiger partial charge in [0.1, 0.15) is 17.7 Å². The molecule has 2 aliphatic heterocycles. The van der Waals surface area contributed by atoms with Crippen molar-refractivity contribution in [2.45, 2.75) is 13.0 Å². The van der Waals surface area contributed by atoms with Crippen molar-refractivity contribution >= 4 is 34.7 Å². The molecule has 0 bridgehead atoms. The normalized spacial score (nSPS) is 20.1. The van der Waals surface area contributed by atoms with Crippen LogP contribution in [0.4, 0.5) is 11.4 Å². The molecule has 2 amide bonds. The summed E-state index contributed by atoms with van der Waals surface area (Å²) in [4.78, 5) is 41.3.